The Balaban J connectivity index is 1.79. The molecule has 118 valence electrons. The van der Waals surface area contributed by atoms with Crippen molar-refractivity contribution in [3.63, 3.8) is 0 Å². The topological polar surface area (TPSA) is 51.6 Å². The number of aliphatic hydroxyl groups excluding tert-OH is 1. The Kier molecular flexibility index (Phi) is 5.78. The Bertz CT molecular complexity index is 626. The van der Waals surface area contributed by atoms with Crippen LogP contribution < -0.4 is 9.47 Å². The summed E-state index contributed by atoms with van der Waals surface area (Å²) < 4.78 is 11.5. The largest absolute Gasteiger partial charge is 0.493 e. The van der Waals surface area contributed by atoms with Gasteiger partial charge in [-0.3, -0.25) is 4.98 Å². The van der Waals surface area contributed by atoms with Crippen LogP contribution in [0.1, 0.15) is 28.9 Å². The number of hydrogen-bond donors (Lipinski definition) is 1. The van der Waals surface area contributed by atoms with Crippen LogP contribution in [0.25, 0.3) is 0 Å². The molecule has 0 unspecified atom stereocenters. The first-order chi connectivity index (χ1) is 10.6. The summed E-state index contributed by atoms with van der Waals surface area (Å²) in [4.78, 5) is 4.25. The lowest BCUT2D eigenvalue weighted by atomic mass is 10.1. The van der Waals surface area contributed by atoms with Crippen molar-refractivity contribution in [1.82, 2.24) is 4.98 Å². The predicted molar refractivity (Wildman–Crippen MR) is 86.4 cm³/mol. The average molecular weight is 301 g/mol. The Hall–Kier alpha value is -2.07. The van der Waals surface area contributed by atoms with Crippen LogP contribution in [0.5, 0.6) is 11.5 Å². The molecule has 0 saturated heterocycles. The summed E-state index contributed by atoms with van der Waals surface area (Å²) in [6.07, 6.45) is 0.770. The fourth-order valence-electron chi connectivity index (χ4n) is 2.13. The third kappa shape index (κ3) is 4.46. The second kappa shape index (κ2) is 7.80. The standard InChI is InChI=1S/C18H23NO3/c1-13-5-6-14(2)18(11-13)22-10-4-9-21-17-8-7-15(3)19-16(17)12-20/h5-8,11,20H,4,9-10,12H2,1-3H3. The van der Waals surface area contributed by atoms with Crippen molar-refractivity contribution >= 4 is 0 Å². The number of nitrogens with zero attached hydrogens (tertiary/aromatic N) is 1. The Morgan fingerprint density at radius 1 is 0.955 bits per heavy atom. The molecule has 0 spiro atoms. The zero-order valence-corrected chi connectivity index (χ0v) is 13.4. The van der Waals surface area contributed by atoms with E-state index in [9.17, 15) is 5.11 Å². The van der Waals surface area contributed by atoms with Crippen molar-refractivity contribution in [3.8, 4) is 11.5 Å². The van der Waals surface area contributed by atoms with E-state index in [1.54, 1.807) is 0 Å². The normalized spacial score (nSPS) is 10.5. The molecular weight excluding hydrogens is 278 g/mol. The van der Waals surface area contributed by atoms with Crippen molar-refractivity contribution in [2.45, 2.75) is 33.8 Å². The number of benzene rings is 1. The maximum Gasteiger partial charge on any atom is 0.143 e. The van der Waals surface area contributed by atoms with Crippen molar-refractivity contribution < 1.29 is 14.6 Å². The van der Waals surface area contributed by atoms with Crippen LogP contribution in [-0.4, -0.2) is 23.3 Å². The molecule has 0 aliphatic heterocycles. The van der Waals surface area contributed by atoms with Gasteiger partial charge in [0.15, 0.2) is 0 Å². The molecule has 1 aromatic carbocycles. The Morgan fingerprint density at radius 2 is 1.68 bits per heavy atom. The van der Waals surface area contributed by atoms with Crippen molar-refractivity contribution in [2.75, 3.05) is 13.2 Å². The molecule has 1 heterocycles. The fourth-order valence-corrected chi connectivity index (χ4v) is 2.13. The molecule has 0 atom stereocenters. The number of aliphatic hydroxyl groups is 1. The molecule has 0 saturated carbocycles. The van der Waals surface area contributed by atoms with E-state index in [2.05, 4.69) is 24.0 Å². The number of aryl methyl sites for hydroxylation is 3. The van der Waals surface area contributed by atoms with Crippen LogP contribution >= 0.6 is 0 Å². The minimum absolute atomic E-state index is 0.115. The molecule has 4 nitrogen and oxygen atoms in total. The van der Waals surface area contributed by atoms with Gasteiger partial charge in [-0.05, 0) is 50.1 Å². The van der Waals surface area contributed by atoms with E-state index < -0.39 is 0 Å². The van der Waals surface area contributed by atoms with Crippen LogP contribution in [0.3, 0.4) is 0 Å². The summed E-state index contributed by atoms with van der Waals surface area (Å²) in [7, 11) is 0. The zero-order chi connectivity index (χ0) is 15.9. The summed E-state index contributed by atoms with van der Waals surface area (Å²) in [5, 5.41) is 9.28. The van der Waals surface area contributed by atoms with Gasteiger partial charge in [0.25, 0.3) is 0 Å². The van der Waals surface area contributed by atoms with E-state index in [1.165, 1.54) is 5.56 Å². The van der Waals surface area contributed by atoms with E-state index in [1.807, 2.05) is 32.0 Å². The molecule has 4 heteroatoms. The summed E-state index contributed by atoms with van der Waals surface area (Å²) in [6.45, 7) is 6.99. The summed E-state index contributed by atoms with van der Waals surface area (Å²) in [5.41, 5.74) is 3.78. The monoisotopic (exact) mass is 301 g/mol. The Labute approximate surface area is 131 Å². The fraction of sp³-hybridized carbons (Fsp3) is 0.389. The quantitative estimate of drug-likeness (QED) is 0.797. The minimum atomic E-state index is -0.115. The second-order valence-corrected chi connectivity index (χ2v) is 5.38. The zero-order valence-electron chi connectivity index (χ0n) is 13.4. The van der Waals surface area contributed by atoms with Gasteiger partial charge < -0.3 is 14.6 Å². The highest BCUT2D eigenvalue weighted by atomic mass is 16.5. The van der Waals surface area contributed by atoms with Crippen molar-refractivity contribution in [1.29, 1.82) is 0 Å². The van der Waals surface area contributed by atoms with Gasteiger partial charge >= 0.3 is 0 Å². The van der Waals surface area contributed by atoms with Crippen LogP contribution in [0.2, 0.25) is 0 Å². The summed E-state index contributed by atoms with van der Waals surface area (Å²) in [5.74, 6) is 1.56. The van der Waals surface area contributed by atoms with Crippen LogP contribution in [0.15, 0.2) is 30.3 Å². The maximum atomic E-state index is 9.28. The molecule has 0 bridgehead atoms. The molecular formula is C18H23NO3. The third-order valence-corrected chi connectivity index (χ3v) is 3.37. The van der Waals surface area contributed by atoms with Crippen molar-refractivity contribution in [2.24, 2.45) is 0 Å². The predicted octanol–water partition coefficient (Wildman–Crippen LogP) is 3.35. The van der Waals surface area contributed by atoms with Gasteiger partial charge in [-0.15, -0.1) is 0 Å². The molecule has 0 aliphatic rings. The number of ether oxygens (including phenoxy) is 2. The summed E-state index contributed by atoms with van der Waals surface area (Å²) >= 11 is 0. The van der Waals surface area contributed by atoms with Gasteiger partial charge in [0.2, 0.25) is 0 Å². The van der Waals surface area contributed by atoms with Gasteiger partial charge in [0.05, 0.1) is 19.8 Å². The highest BCUT2D eigenvalue weighted by Crippen LogP contribution is 2.20. The lowest BCUT2D eigenvalue weighted by molar-refractivity contribution is 0.232. The Morgan fingerprint density at radius 3 is 2.41 bits per heavy atom. The van der Waals surface area contributed by atoms with Gasteiger partial charge in [-0.25, -0.2) is 0 Å². The molecule has 2 aromatic rings. The minimum Gasteiger partial charge on any atom is -0.493 e. The number of pyridine rings is 1. The first-order valence-electron chi connectivity index (χ1n) is 7.50. The smallest absolute Gasteiger partial charge is 0.143 e. The summed E-state index contributed by atoms with van der Waals surface area (Å²) in [6, 6.07) is 9.91. The van der Waals surface area contributed by atoms with E-state index in [4.69, 9.17) is 9.47 Å². The SMILES string of the molecule is Cc1ccc(C)c(OCCCOc2ccc(C)nc2CO)c1. The van der Waals surface area contributed by atoms with E-state index in [0.29, 0.717) is 24.7 Å². The first-order valence-corrected chi connectivity index (χ1v) is 7.50. The van der Waals surface area contributed by atoms with Gasteiger partial charge in [-0.2, -0.15) is 0 Å². The number of rotatable bonds is 7. The van der Waals surface area contributed by atoms with E-state index in [-0.39, 0.29) is 6.61 Å². The molecule has 0 aliphatic carbocycles. The average Bonchev–Trinajstić information content (AvgIpc) is 2.51. The van der Waals surface area contributed by atoms with Gasteiger partial charge in [-0.1, -0.05) is 12.1 Å². The first kappa shape index (κ1) is 16.3. The highest BCUT2D eigenvalue weighted by Gasteiger charge is 2.05. The molecule has 22 heavy (non-hydrogen) atoms. The maximum absolute atomic E-state index is 9.28. The highest BCUT2D eigenvalue weighted by molar-refractivity contribution is 5.35. The molecule has 0 fully saturated rings. The van der Waals surface area contributed by atoms with Gasteiger partial charge in [0.1, 0.15) is 17.2 Å². The molecule has 0 radical (unpaired) electrons. The lowest BCUT2D eigenvalue weighted by Gasteiger charge is -2.12. The number of hydrogen-bond acceptors (Lipinski definition) is 4. The van der Waals surface area contributed by atoms with E-state index in [0.717, 1.165) is 23.4 Å². The molecule has 1 N–H and O–H groups in total. The van der Waals surface area contributed by atoms with E-state index >= 15 is 0 Å². The molecule has 2 rings (SSSR count). The van der Waals surface area contributed by atoms with Gasteiger partial charge in [0, 0.05) is 12.1 Å². The lowest BCUT2D eigenvalue weighted by Crippen LogP contribution is -2.07. The molecule has 1 aromatic heterocycles. The van der Waals surface area contributed by atoms with Crippen LogP contribution in [-0.2, 0) is 6.61 Å². The third-order valence-electron chi connectivity index (χ3n) is 3.37. The van der Waals surface area contributed by atoms with Crippen molar-refractivity contribution in [3.05, 3.63) is 52.8 Å². The van der Waals surface area contributed by atoms with Crippen LogP contribution in [0, 0.1) is 20.8 Å². The second-order valence-electron chi connectivity index (χ2n) is 5.38. The van der Waals surface area contributed by atoms with Crippen LogP contribution in [0.4, 0.5) is 0 Å². The number of aromatic nitrogens is 1. The molecule has 0 amide bonds.